The van der Waals surface area contributed by atoms with E-state index in [0.717, 1.165) is 5.56 Å². The second-order valence-corrected chi connectivity index (χ2v) is 4.59. The van der Waals surface area contributed by atoms with E-state index in [9.17, 15) is 10.1 Å². The van der Waals surface area contributed by atoms with Gasteiger partial charge < -0.3 is 10.5 Å². The summed E-state index contributed by atoms with van der Waals surface area (Å²) in [7, 11) is 0. The minimum Gasteiger partial charge on any atom is -0.491 e. The summed E-state index contributed by atoms with van der Waals surface area (Å²) in [6.07, 6.45) is 0.0494. The van der Waals surface area contributed by atoms with Crippen LogP contribution in [0.2, 0.25) is 0 Å². The van der Waals surface area contributed by atoms with Crippen LogP contribution in [0, 0.1) is 10.1 Å². The van der Waals surface area contributed by atoms with Crippen molar-refractivity contribution in [1.82, 2.24) is 4.98 Å². The number of pyridine rings is 1. The molecule has 6 heteroatoms. The average Bonchev–Trinajstić information content (AvgIpc) is 2.37. The van der Waals surface area contributed by atoms with E-state index < -0.39 is 4.92 Å². The Balaban J connectivity index is 2.43. The summed E-state index contributed by atoms with van der Waals surface area (Å²) in [5.74, 6) is 0.800. The zero-order valence-electron chi connectivity index (χ0n) is 11.2. The predicted octanol–water partition coefficient (Wildman–Crippen LogP) is 3.03. The average molecular weight is 273 g/mol. The fourth-order valence-corrected chi connectivity index (χ4v) is 1.79. The lowest BCUT2D eigenvalue weighted by molar-refractivity contribution is -0.384. The second-order valence-electron chi connectivity index (χ2n) is 4.59. The number of nitrogens with two attached hydrogens (primary N) is 1. The molecule has 0 aliphatic heterocycles. The van der Waals surface area contributed by atoms with Crippen molar-refractivity contribution in [2.75, 3.05) is 5.73 Å². The number of aromatic nitrogens is 1. The Morgan fingerprint density at radius 2 is 2.05 bits per heavy atom. The molecule has 0 aliphatic rings. The lowest BCUT2D eigenvalue weighted by Gasteiger charge is -2.10. The Labute approximate surface area is 116 Å². The molecule has 0 radical (unpaired) electrons. The molecule has 0 bridgehead atoms. The van der Waals surface area contributed by atoms with Crippen LogP contribution < -0.4 is 10.5 Å². The highest BCUT2D eigenvalue weighted by atomic mass is 16.6. The predicted molar refractivity (Wildman–Crippen MR) is 76.5 cm³/mol. The minimum absolute atomic E-state index is 0.0494. The first kappa shape index (κ1) is 13.8. The Kier molecular flexibility index (Phi) is 3.84. The van der Waals surface area contributed by atoms with Crippen LogP contribution in [-0.4, -0.2) is 16.0 Å². The van der Waals surface area contributed by atoms with Gasteiger partial charge in [0.15, 0.2) is 0 Å². The van der Waals surface area contributed by atoms with Gasteiger partial charge in [-0.2, -0.15) is 0 Å². The lowest BCUT2D eigenvalue weighted by Crippen LogP contribution is -2.05. The molecule has 0 unspecified atom stereocenters. The first-order valence-electron chi connectivity index (χ1n) is 6.15. The number of nitrogens with zero attached hydrogens (tertiary/aromatic N) is 2. The lowest BCUT2D eigenvalue weighted by atomic mass is 10.1. The van der Waals surface area contributed by atoms with Crippen LogP contribution in [0.5, 0.6) is 5.75 Å². The molecule has 0 fully saturated rings. The number of nitro groups is 1. The molecule has 2 rings (SSSR count). The summed E-state index contributed by atoms with van der Waals surface area (Å²) >= 11 is 0. The van der Waals surface area contributed by atoms with Crippen molar-refractivity contribution in [2.24, 2.45) is 0 Å². The number of ether oxygens (including phenoxy) is 1. The number of rotatable bonds is 4. The number of benzene rings is 1. The van der Waals surface area contributed by atoms with Crippen LogP contribution in [0.1, 0.15) is 13.8 Å². The van der Waals surface area contributed by atoms with Gasteiger partial charge in [0.05, 0.1) is 22.8 Å². The Hall–Kier alpha value is -2.63. The van der Waals surface area contributed by atoms with Crippen LogP contribution >= 0.6 is 0 Å². The van der Waals surface area contributed by atoms with Crippen molar-refractivity contribution in [1.29, 1.82) is 0 Å². The number of nitrogen functional groups attached to an aromatic ring is 1. The molecule has 0 saturated heterocycles. The SMILES string of the molecule is CC(C)Oc1cccc(-c2cc([N+](=O)[O-])cc(N)n2)c1. The van der Waals surface area contributed by atoms with Crippen molar-refractivity contribution < 1.29 is 9.66 Å². The maximum atomic E-state index is 10.8. The molecular weight excluding hydrogens is 258 g/mol. The fraction of sp³-hybridized carbons (Fsp3) is 0.214. The Bertz CT molecular complexity index is 641. The van der Waals surface area contributed by atoms with E-state index in [1.807, 2.05) is 26.0 Å². The van der Waals surface area contributed by atoms with Gasteiger partial charge in [-0.25, -0.2) is 4.98 Å². The third-order valence-electron chi connectivity index (χ3n) is 2.54. The topological polar surface area (TPSA) is 91.3 Å². The summed E-state index contributed by atoms with van der Waals surface area (Å²) in [5, 5.41) is 10.8. The summed E-state index contributed by atoms with van der Waals surface area (Å²) < 4.78 is 5.59. The molecule has 104 valence electrons. The quantitative estimate of drug-likeness (QED) is 0.682. The van der Waals surface area contributed by atoms with Gasteiger partial charge >= 0.3 is 0 Å². The van der Waals surface area contributed by atoms with Crippen LogP contribution in [0.25, 0.3) is 11.3 Å². The first-order valence-corrected chi connectivity index (χ1v) is 6.15. The summed E-state index contributed by atoms with van der Waals surface area (Å²) in [6.45, 7) is 3.85. The van der Waals surface area contributed by atoms with Crippen LogP contribution in [-0.2, 0) is 0 Å². The zero-order valence-corrected chi connectivity index (χ0v) is 11.2. The van der Waals surface area contributed by atoms with Crippen molar-refractivity contribution >= 4 is 11.5 Å². The number of hydrogen-bond donors (Lipinski definition) is 1. The van der Waals surface area contributed by atoms with Crippen LogP contribution in [0.3, 0.4) is 0 Å². The third kappa shape index (κ3) is 3.23. The first-order chi connectivity index (χ1) is 9.45. The molecule has 1 aromatic carbocycles. The van der Waals surface area contributed by atoms with Gasteiger partial charge in [0.2, 0.25) is 0 Å². The van der Waals surface area contributed by atoms with Gasteiger partial charge in [0.25, 0.3) is 5.69 Å². The van der Waals surface area contributed by atoms with Crippen molar-refractivity contribution in [3.63, 3.8) is 0 Å². The monoisotopic (exact) mass is 273 g/mol. The maximum absolute atomic E-state index is 10.8. The largest absolute Gasteiger partial charge is 0.491 e. The Morgan fingerprint density at radius 3 is 2.70 bits per heavy atom. The molecule has 0 saturated carbocycles. The molecule has 0 amide bonds. The molecule has 0 atom stereocenters. The summed E-state index contributed by atoms with van der Waals surface area (Å²) in [4.78, 5) is 14.5. The molecular formula is C14H15N3O3. The fourth-order valence-electron chi connectivity index (χ4n) is 1.79. The van der Waals surface area contributed by atoms with Gasteiger partial charge in [-0.1, -0.05) is 12.1 Å². The maximum Gasteiger partial charge on any atom is 0.275 e. The highest BCUT2D eigenvalue weighted by Crippen LogP contribution is 2.27. The molecule has 1 heterocycles. The molecule has 2 N–H and O–H groups in total. The van der Waals surface area contributed by atoms with Crippen molar-refractivity contribution in [3.8, 4) is 17.0 Å². The van der Waals surface area contributed by atoms with Crippen molar-refractivity contribution in [3.05, 3.63) is 46.5 Å². The van der Waals surface area contributed by atoms with Crippen molar-refractivity contribution in [2.45, 2.75) is 20.0 Å². The highest BCUT2D eigenvalue weighted by Gasteiger charge is 2.11. The van der Waals surface area contributed by atoms with Gasteiger partial charge in [-0.05, 0) is 26.0 Å². The molecule has 2 aromatic rings. The van der Waals surface area contributed by atoms with Gasteiger partial charge in [0, 0.05) is 11.6 Å². The highest BCUT2D eigenvalue weighted by molar-refractivity contribution is 5.66. The normalized spacial score (nSPS) is 10.6. The summed E-state index contributed by atoms with van der Waals surface area (Å²) in [5.41, 5.74) is 6.70. The smallest absolute Gasteiger partial charge is 0.275 e. The Morgan fingerprint density at radius 1 is 1.30 bits per heavy atom. The van der Waals surface area contributed by atoms with E-state index in [0.29, 0.717) is 11.4 Å². The number of hydrogen-bond acceptors (Lipinski definition) is 5. The van der Waals surface area contributed by atoms with E-state index in [2.05, 4.69) is 4.98 Å². The van der Waals surface area contributed by atoms with E-state index in [1.165, 1.54) is 12.1 Å². The molecule has 6 nitrogen and oxygen atoms in total. The molecule has 0 aliphatic carbocycles. The minimum atomic E-state index is -0.490. The molecule has 0 spiro atoms. The van der Waals surface area contributed by atoms with Gasteiger partial charge in [0.1, 0.15) is 11.6 Å². The second kappa shape index (κ2) is 5.56. The van der Waals surface area contributed by atoms with E-state index in [-0.39, 0.29) is 17.6 Å². The molecule has 20 heavy (non-hydrogen) atoms. The van der Waals surface area contributed by atoms with E-state index in [4.69, 9.17) is 10.5 Å². The number of anilines is 1. The standard InChI is InChI=1S/C14H15N3O3/c1-9(2)20-12-5-3-4-10(6-12)13-7-11(17(18)19)8-14(15)16-13/h3-9H,1-2H3,(H2,15,16). The van der Waals surface area contributed by atoms with Crippen LogP contribution in [0.4, 0.5) is 11.5 Å². The van der Waals surface area contributed by atoms with Gasteiger partial charge in [-0.15, -0.1) is 0 Å². The van der Waals surface area contributed by atoms with E-state index >= 15 is 0 Å². The third-order valence-corrected chi connectivity index (χ3v) is 2.54. The zero-order chi connectivity index (χ0) is 14.7. The van der Waals surface area contributed by atoms with Crippen LogP contribution in [0.15, 0.2) is 36.4 Å². The molecule has 1 aromatic heterocycles. The van der Waals surface area contributed by atoms with E-state index in [1.54, 1.807) is 12.1 Å². The summed E-state index contributed by atoms with van der Waals surface area (Å²) in [6, 6.07) is 9.85. The van der Waals surface area contributed by atoms with Gasteiger partial charge in [-0.3, -0.25) is 10.1 Å².